The van der Waals surface area contributed by atoms with E-state index in [-0.39, 0.29) is 11.8 Å². The Bertz CT molecular complexity index is 690. The van der Waals surface area contributed by atoms with Gasteiger partial charge in [0.05, 0.1) is 4.90 Å². The summed E-state index contributed by atoms with van der Waals surface area (Å²) in [6.07, 6.45) is 7.69. The first kappa shape index (κ1) is 18.7. The topological polar surface area (TPSA) is 66.5 Å². The molecule has 0 bridgehead atoms. The highest BCUT2D eigenvalue weighted by atomic mass is 32.2. The summed E-state index contributed by atoms with van der Waals surface area (Å²) in [4.78, 5) is 13.7. The molecule has 1 heterocycles. The van der Waals surface area contributed by atoms with Crippen molar-refractivity contribution in [1.29, 1.82) is 0 Å². The van der Waals surface area contributed by atoms with Crippen molar-refractivity contribution in [2.75, 3.05) is 19.3 Å². The summed E-state index contributed by atoms with van der Waals surface area (Å²) >= 11 is 1.59. The monoisotopic (exact) mass is 382 g/mol. The summed E-state index contributed by atoms with van der Waals surface area (Å²) in [5.74, 6) is 0.0409. The molecule has 138 valence electrons. The SMILES string of the molecule is CSc1ccc(S(=O)(=O)N2CCC(C(=O)NC3CCCC3)CC2)cc1. The molecular weight excluding hydrogens is 356 g/mol. The van der Waals surface area contributed by atoms with E-state index in [1.54, 1.807) is 23.9 Å². The van der Waals surface area contributed by atoms with Gasteiger partial charge < -0.3 is 5.32 Å². The number of piperidine rings is 1. The Kier molecular flexibility index (Phi) is 6.07. The van der Waals surface area contributed by atoms with Gasteiger partial charge in [0.15, 0.2) is 0 Å². The Balaban J connectivity index is 1.57. The summed E-state index contributed by atoms with van der Waals surface area (Å²) in [7, 11) is -3.47. The highest BCUT2D eigenvalue weighted by molar-refractivity contribution is 7.98. The van der Waals surface area contributed by atoms with Gasteiger partial charge in [0.1, 0.15) is 0 Å². The second-order valence-corrected chi connectivity index (χ2v) is 9.66. The van der Waals surface area contributed by atoms with Crippen LogP contribution in [0.5, 0.6) is 0 Å². The fourth-order valence-corrected chi connectivity index (χ4v) is 5.52. The lowest BCUT2D eigenvalue weighted by atomic mass is 9.97. The van der Waals surface area contributed by atoms with Crippen molar-refractivity contribution in [2.45, 2.75) is 54.4 Å². The van der Waals surface area contributed by atoms with Gasteiger partial charge in [-0.3, -0.25) is 4.79 Å². The smallest absolute Gasteiger partial charge is 0.243 e. The largest absolute Gasteiger partial charge is 0.353 e. The third kappa shape index (κ3) is 4.38. The van der Waals surface area contributed by atoms with Crippen LogP contribution < -0.4 is 5.32 Å². The van der Waals surface area contributed by atoms with Crippen molar-refractivity contribution >= 4 is 27.7 Å². The number of carbonyl (C=O) groups excluding carboxylic acids is 1. The minimum absolute atomic E-state index is 0.0640. The van der Waals surface area contributed by atoms with Gasteiger partial charge in [-0.15, -0.1) is 11.8 Å². The molecule has 3 rings (SSSR count). The number of amides is 1. The molecule has 2 fully saturated rings. The van der Waals surface area contributed by atoms with Crippen LogP contribution in [0, 0.1) is 5.92 Å². The zero-order valence-electron chi connectivity index (χ0n) is 14.6. The molecule has 7 heteroatoms. The van der Waals surface area contributed by atoms with Crippen LogP contribution in [0.3, 0.4) is 0 Å². The summed E-state index contributed by atoms with van der Waals surface area (Å²) in [5.41, 5.74) is 0. The molecule has 1 N–H and O–H groups in total. The minimum Gasteiger partial charge on any atom is -0.353 e. The van der Waals surface area contributed by atoms with Gasteiger partial charge in [-0.2, -0.15) is 4.31 Å². The standard InChI is InChI=1S/C18H26N2O3S2/c1-24-16-6-8-17(9-7-16)25(22,23)20-12-10-14(11-13-20)18(21)19-15-4-2-3-5-15/h6-9,14-15H,2-5,10-13H2,1H3,(H,19,21). The number of hydrogen-bond donors (Lipinski definition) is 1. The highest BCUT2D eigenvalue weighted by Crippen LogP contribution is 2.26. The van der Waals surface area contributed by atoms with Crippen LogP contribution in [0.1, 0.15) is 38.5 Å². The lowest BCUT2D eigenvalue weighted by Crippen LogP contribution is -2.44. The van der Waals surface area contributed by atoms with E-state index < -0.39 is 10.0 Å². The Hall–Kier alpha value is -1.05. The third-order valence-corrected chi connectivity index (χ3v) is 7.88. The Morgan fingerprint density at radius 2 is 1.68 bits per heavy atom. The molecule has 2 aliphatic rings. The Morgan fingerprint density at radius 3 is 2.24 bits per heavy atom. The number of sulfonamides is 1. The van der Waals surface area contributed by atoms with Crippen LogP contribution in [0.2, 0.25) is 0 Å². The predicted molar refractivity (Wildman–Crippen MR) is 100 cm³/mol. The van der Waals surface area contributed by atoms with E-state index >= 15 is 0 Å². The van der Waals surface area contributed by atoms with E-state index in [9.17, 15) is 13.2 Å². The normalized spacial score (nSPS) is 20.7. The maximum atomic E-state index is 12.8. The first-order chi connectivity index (χ1) is 12.0. The van der Waals surface area contributed by atoms with Crippen LogP contribution >= 0.6 is 11.8 Å². The van der Waals surface area contributed by atoms with E-state index in [0.29, 0.717) is 36.9 Å². The van der Waals surface area contributed by atoms with Crippen LogP contribution in [0.4, 0.5) is 0 Å². The van der Waals surface area contributed by atoms with E-state index in [1.807, 2.05) is 18.4 Å². The summed E-state index contributed by atoms with van der Waals surface area (Å²) < 4.78 is 27.0. The number of hydrogen-bond acceptors (Lipinski definition) is 4. The van der Waals surface area contributed by atoms with Crippen molar-refractivity contribution in [3.63, 3.8) is 0 Å². The Morgan fingerprint density at radius 1 is 1.08 bits per heavy atom. The number of nitrogens with zero attached hydrogens (tertiary/aromatic N) is 1. The molecule has 5 nitrogen and oxygen atoms in total. The first-order valence-electron chi connectivity index (χ1n) is 8.95. The van der Waals surface area contributed by atoms with E-state index in [2.05, 4.69) is 5.32 Å². The summed E-state index contributed by atoms with van der Waals surface area (Å²) in [5, 5.41) is 3.14. The summed E-state index contributed by atoms with van der Waals surface area (Å²) in [6.45, 7) is 0.824. The Labute approximate surface area is 154 Å². The molecule has 25 heavy (non-hydrogen) atoms. The fraction of sp³-hybridized carbons (Fsp3) is 0.611. The van der Waals surface area contributed by atoms with Gasteiger partial charge >= 0.3 is 0 Å². The first-order valence-corrected chi connectivity index (χ1v) is 11.6. The van der Waals surface area contributed by atoms with Gasteiger partial charge in [-0.25, -0.2) is 8.42 Å². The molecule has 1 amide bonds. The molecule has 1 aromatic carbocycles. The lowest BCUT2D eigenvalue weighted by molar-refractivity contribution is -0.126. The molecule has 1 aliphatic heterocycles. The van der Waals surface area contributed by atoms with Crippen molar-refractivity contribution in [2.24, 2.45) is 5.92 Å². The molecular formula is C18H26N2O3S2. The van der Waals surface area contributed by atoms with Gasteiger partial charge in [0.25, 0.3) is 0 Å². The molecule has 0 unspecified atom stereocenters. The third-order valence-electron chi connectivity index (χ3n) is 5.22. The van der Waals surface area contributed by atoms with Crippen LogP contribution in [-0.4, -0.2) is 44.0 Å². The minimum atomic E-state index is -3.47. The van der Waals surface area contributed by atoms with Crippen molar-refractivity contribution in [1.82, 2.24) is 9.62 Å². The van der Waals surface area contributed by atoms with E-state index in [1.165, 1.54) is 17.1 Å². The van der Waals surface area contributed by atoms with Crippen molar-refractivity contribution in [3.05, 3.63) is 24.3 Å². The fourth-order valence-electron chi connectivity index (χ4n) is 3.64. The zero-order chi connectivity index (χ0) is 17.9. The van der Waals surface area contributed by atoms with E-state index in [4.69, 9.17) is 0 Å². The van der Waals surface area contributed by atoms with Gasteiger partial charge in [0, 0.05) is 29.9 Å². The zero-order valence-corrected chi connectivity index (χ0v) is 16.2. The van der Waals surface area contributed by atoms with Gasteiger partial charge in [-0.05, 0) is 56.2 Å². The second-order valence-electron chi connectivity index (χ2n) is 6.84. The predicted octanol–water partition coefficient (Wildman–Crippen LogP) is 2.87. The number of benzene rings is 1. The molecule has 1 saturated heterocycles. The molecule has 0 spiro atoms. The van der Waals surface area contributed by atoms with Crippen LogP contribution in [0.25, 0.3) is 0 Å². The lowest BCUT2D eigenvalue weighted by Gasteiger charge is -2.31. The average Bonchev–Trinajstić information content (AvgIpc) is 3.15. The number of carbonyl (C=O) groups is 1. The maximum absolute atomic E-state index is 12.8. The number of rotatable bonds is 5. The number of nitrogens with one attached hydrogen (secondary N) is 1. The molecule has 0 radical (unpaired) electrons. The van der Waals surface area contributed by atoms with Crippen LogP contribution in [0.15, 0.2) is 34.1 Å². The van der Waals surface area contributed by atoms with Crippen molar-refractivity contribution < 1.29 is 13.2 Å². The molecule has 0 aromatic heterocycles. The number of thioether (sulfide) groups is 1. The quantitative estimate of drug-likeness (QED) is 0.795. The van der Waals surface area contributed by atoms with Gasteiger partial charge in [0.2, 0.25) is 15.9 Å². The van der Waals surface area contributed by atoms with E-state index in [0.717, 1.165) is 17.7 Å². The summed E-state index contributed by atoms with van der Waals surface area (Å²) in [6, 6.07) is 7.32. The molecule has 1 aromatic rings. The van der Waals surface area contributed by atoms with Crippen molar-refractivity contribution in [3.8, 4) is 0 Å². The molecule has 0 atom stereocenters. The molecule has 1 aliphatic carbocycles. The molecule has 1 saturated carbocycles. The average molecular weight is 383 g/mol. The van der Waals surface area contributed by atoms with Crippen LogP contribution in [-0.2, 0) is 14.8 Å². The maximum Gasteiger partial charge on any atom is 0.243 e. The second kappa shape index (κ2) is 8.10. The van der Waals surface area contributed by atoms with Gasteiger partial charge in [-0.1, -0.05) is 12.8 Å². The highest BCUT2D eigenvalue weighted by Gasteiger charge is 2.32.